The topological polar surface area (TPSA) is 36.4 Å². The normalized spacial score (nSPS) is 14.1. The highest BCUT2D eigenvalue weighted by Gasteiger charge is 2.25. The molecular weight excluding hydrogens is 378 g/mol. The van der Waals surface area contributed by atoms with Crippen LogP contribution in [-0.4, -0.2) is 42.0 Å². The van der Waals surface area contributed by atoms with Gasteiger partial charge < -0.3 is 9.80 Å². The highest BCUT2D eigenvalue weighted by atomic mass is 32.2. The zero-order valence-electron chi connectivity index (χ0n) is 16.8. The first-order valence-corrected chi connectivity index (χ1v) is 10.7. The summed E-state index contributed by atoms with van der Waals surface area (Å²) < 4.78 is 0. The predicted octanol–water partition coefficient (Wildman–Crippen LogP) is 4.81. The molecule has 1 aromatic heterocycles. The van der Waals surface area contributed by atoms with Crippen LogP contribution in [0.5, 0.6) is 0 Å². The van der Waals surface area contributed by atoms with E-state index < -0.39 is 0 Å². The highest BCUT2D eigenvalue weighted by molar-refractivity contribution is 7.99. The first-order chi connectivity index (χ1) is 14.1. The quantitative estimate of drug-likeness (QED) is 0.626. The first-order valence-electron chi connectivity index (χ1n) is 9.92. The molecule has 2 aromatic carbocycles. The Kier molecular flexibility index (Phi) is 5.86. The Morgan fingerprint density at radius 3 is 2.41 bits per heavy atom. The van der Waals surface area contributed by atoms with Crippen molar-refractivity contribution in [2.45, 2.75) is 23.8 Å². The van der Waals surface area contributed by atoms with Crippen LogP contribution in [-0.2, 0) is 0 Å². The summed E-state index contributed by atoms with van der Waals surface area (Å²) in [6.07, 6.45) is 1.75. The molecule has 3 aromatic rings. The van der Waals surface area contributed by atoms with Crippen LogP contribution in [0.25, 0.3) is 0 Å². The number of aryl methyl sites for hydroxylation is 1. The zero-order valence-corrected chi connectivity index (χ0v) is 17.7. The number of piperazine rings is 1. The number of pyridine rings is 1. The molecule has 0 spiro atoms. The number of carbonyl (C=O) groups is 1. The second-order valence-electron chi connectivity index (χ2n) is 7.27. The molecule has 0 bridgehead atoms. The van der Waals surface area contributed by atoms with E-state index in [4.69, 9.17) is 0 Å². The van der Waals surface area contributed by atoms with Crippen molar-refractivity contribution in [1.29, 1.82) is 0 Å². The van der Waals surface area contributed by atoms with Crippen molar-refractivity contribution in [2.75, 3.05) is 31.1 Å². The fourth-order valence-corrected chi connectivity index (χ4v) is 4.53. The summed E-state index contributed by atoms with van der Waals surface area (Å²) >= 11 is 1.54. The molecule has 0 unspecified atom stereocenters. The van der Waals surface area contributed by atoms with E-state index in [0.29, 0.717) is 5.56 Å². The molecule has 29 heavy (non-hydrogen) atoms. The largest absolute Gasteiger partial charge is 0.368 e. The Hall–Kier alpha value is -2.79. The summed E-state index contributed by atoms with van der Waals surface area (Å²) in [7, 11) is 0. The molecule has 0 saturated carbocycles. The van der Waals surface area contributed by atoms with Crippen LogP contribution in [0.1, 0.15) is 21.5 Å². The molecule has 5 heteroatoms. The number of rotatable bonds is 4. The van der Waals surface area contributed by atoms with Gasteiger partial charge in [-0.05, 0) is 55.3 Å². The third-order valence-corrected chi connectivity index (χ3v) is 6.47. The summed E-state index contributed by atoms with van der Waals surface area (Å²) in [5.74, 6) is 0.0668. The molecule has 1 saturated heterocycles. The van der Waals surface area contributed by atoms with Gasteiger partial charge in [-0.15, -0.1) is 0 Å². The molecule has 0 atom stereocenters. The number of amides is 1. The fourth-order valence-electron chi connectivity index (χ4n) is 3.63. The fraction of sp³-hybridized carbons (Fsp3) is 0.250. The standard InChI is InChI=1S/C24H25N3OS/c1-18-8-6-12-22(19(18)2)26-14-16-27(17-15-26)24(28)21-11-7-13-25-23(21)29-20-9-4-3-5-10-20/h3-13H,14-17H2,1-2H3. The average molecular weight is 404 g/mol. The lowest BCUT2D eigenvalue weighted by atomic mass is 10.1. The number of anilines is 1. The van der Waals surface area contributed by atoms with E-state index >= 15 is 0 Å². The SMILES string of the molecule is Cc1cccc(N2CCN(C(=O)c3cccnc3Sc3ccccc3)CC2)c1C. The maximum absolute atomic E-state index is 13.2. The van der Waals surface area contributed by atoms with E-state index in [2.05, 4.69) is 41.9 Å². The second-order valence-corrected chi connectivity index (χ2v) is 8.33. The Morgan fingerprint density at radius 2 is 1.66 bits per heavy atom. The molecule has 1 fully saturated rings. The monoisotopic (exact) mass is 403 g/mol. The summed E-state index contributed by atoms with van der Waals surface area (Å²) in [6.45, 7) is 7.44. The van der Waals surface area contributed by atoms with Crippen molar-refractivity contribution in [2.24, 2.45) is 0 Å². The van der Waals surface area contributed by atoms with Crippen LogP contribution in [0.4, 0.5) is 5.69 Å². The van der Waals surface area contributed by atoms with Crippen LogP contribution in [0.15, 0.2) is 76.8 Å². The van der Waals surface area contributed by atoms with Crippen molar-refractivity contribution in [3.05, 3.63) is 83.6 Å². The van der Waals surface area contributed by atoms with Gasteiger partial charge in [0.15, 0.2) is 0 Å². The Balaban J connectivity index is 1.47. The Bertz CT molecular complexity index is 998. The molecular formula is C24H25N3OS. The number of benzene rings is 2. The van der Waals surface area contributed by atoms with E-state index in [1.54, 1.807) is 6.20 Å². The summed E-state index contributed by atoms with van der Waals surface area (Å²) in [6, 6.07) is 20.2. The van der Waals surface area contributed by atoms with Gasteiger partial charge in [0.25, 0.3) is 5.91 Å². The number of hydrogen-bond acceptors (Lipinski definition) is 4. The Labute approximate surface area is 176 Å². The maximum atomic E-state index is 13.2. The lowest BCUT2D eigenvalue weighted by Crippen LogP contribution is -2.49. The van der Waals surface area contributed by atoms with Gasteiger partial charge in [0, 0.05) is 43.0 Å². The smallest absolute Gasteiger partial charge is 0.256 e. The number of nitrogens with zero attached hydrogens (tertiary/aromatic N) is 3. The number of aromatic nitrogens is 1. The van der Waals surface area contributed by atoms with Gasteiger partial charge in [-0.25, -0.2) is 4.98 Å². The molecule has 4 rings (SSSR count). The van der Waals surface area contributed by atoms with E-state index in [9.17, 15) is 4.79 Å². The third kappa shape index (κ3) is 4.30. The van der Waals surface area contributed by atoms with E-state index in [1.807, 2.05) is 47.4 Å². The Morgan fingerprint density at radius 1 is 0.897 bits per heavy atom. The third-order valence-electron chi connectivity index (χ3n) is 5.44. The van der Waals surface area contributed by atoms with Crippen LogP contribution in [0, 0.1) is 13.8 Å². The van der Waals surface area contributed by atoms with Crippen LogP contribution in [0.3, 0.4) is 0 Å². The summed E-state index contributed by atoms with van der Waals surface area (Å²) in [4.78, 5) is 23.1. The average Bonchev–Trinajstić information content (AvgIpc) is 2.76. The van der Waals surface area contributed by atoms with E-state index in [0.717, 1.165) is 36.1 Å². The lowest BCUT2D eigenvalue weighted by molar-refractivity contribution is 0.0742. The molecule has 0 N–H and O–H groups in total. The molecule has 4 nitrogen and oxygen atoms in total. The molecule has 148 valence electrons. The molecule has 1 aliphatic rings. The predicted molar refractivity (Wildman–Crippen MR) is 119 cm³/mol. The molecule has 2 heterocycles. The van der Waals surface area contributed by atoms with Gasteiger partial charge in [0.2, 0.25) is 0 Å². The summed E-state index contributed by atoms with van der Waals surface area (Å²) in [5.41, 5.74) is 4.58. The number of hydrogen-bond donors (Lipinski definition) is 0. The molecule has 1 amide bonds. The number of carbonyl (C=O) groups excluding carboxylic acids is 1. The minimum atomic E-state index is 0.0668. The van der Waals surface area contributed by atoms with Crippen molar-refractivity contribution >= 4 is 23.4 Å². The van der Waals surface area contributed by atoms with Crippen molar-refractivity contribution in [3.8, 4) is 0 Å². The van der Waals surface area contributed by atoms with Crippen LogP contribution in [0.2, 0.25) is 0 Å². The zero-order chi connectivity index (χ0) is 20.2. The maximum Gasteiger partial charge on any atom is 0.256 e. The van der Waals surface area contributed by atoms with Gasteiger partial charge in [-0.2, -0.15) is 0 Å². The van der Waals surface area contributed by atoms with Crippen LogP contribution >= 0.6 is 11.8 Å². The summed E-state index contributed by atoms with van der Waals surface area (Å²) in [5, 5.41) is 0.764. The minimum Gasteiger partial charge on any atom is -0.368 e. The van der Waals surface area contributed by atoms with Crippen molar-refractivity contribution in [3.63, 3.8) is 0 Å². The molecule has 1 aliphatic heterocycles. The van der Waals surface area contributed by atoms with Gasteiger partial charge in [0.05, 0.1) is 5.56 Å². The minimum absolute atomic E-state index is 0.0668. The van der Waals surface area contributed by atoms with Gasteiger partial charge in [-0.1, -0.05) is 42.1 Å². The van der Waals surface area contributed by atoms with E-state index in [-0.39, 0.29) is 5.91 Å². The van der Waals surface area contributed by atoms with Crippen molar-refractivity contribution < 1.29 is 4.79 Å². The van der Waals surface area contributed by atoms with Gasteiger partial charge >= 0.3 is 0 Å². The molecule has 0 radical (unpaired) electrons. The van der Waals surface area contributed by atoms with Gasteiger partial charge in [0.1, 0.15) is 5.03 Å². The van der Waals surface area contributed by atoms with Gasteiger partial charge in [-0.3, -0.25) is 4.79 Å². The lowest BCUT2D eigenvalue weighted by Gasteiger charge is -2.37. The second kappa shape index (κ2) is 8.70. The molecule has 0 aliphatic carbocycles. The first kappa shape index (κ1) is 19.5. The van der Waals surface area contributed by atoms with E-state index in [1.165, 1.54) is 28.6 Å². The van der Waals surface area contributed by atoms with Crippen molar-refractivity contribution in [1.82, 2.24) is 9.88 Å². The van der Waals surface area contributed by atoms with Crippen LogP contribution < -0.4 is 4.90 Å². The highest BCUT2D eigenvalue weighted by Crippen LogP contribution is 2.30.